The molecule has 2 atom stereocenters. The third-order valence-electron chi connectivity index (χ3n) is 4.49. The number of anilines is 1. The first kappa shape index (κ1) is 13.9. The van der Waals surface area contributed by atoms with Crippen LogP contribution in [0.3, 0.4) is 0 Å². The van der Waals surface area contributed by atoms with Gasteiger partial charge in [-0.1, -0.05) is 25.1 Å². The summed E-state index contributed by atoms with van der Waals surface area (Å²) in [6, 6.07) is 9.36. The van der Waals surface area contributed by atoms with Crippen molar-refractivity contribution < 1.29 is 4.74 Å². The Morgan fingerprint density at radius 1 is 1.25 bits per heavy atom. The van der Waals surface area contributed by atoms with Crippen LogP contribution in [0.5, 0.6) is 0 Å². The van der Waals surface area contributed by atoms with Gasteiger partial charge in [-0.3, -0.25) is 0 Å². The number of benzene rings is 1. The van der Waals surface area contributed by atoms with Crippen molar-refractivity contribution in [1.29, 1.82) is 0 Å². The molecular formula is C17H26N2O. The Labute approximate surface area is 122 Å². The molecule has 2 unspecified atom stereocenters. The van der Waals surface area contributed by atoms with Crippen LogP contribution in [0.25, 0.3) is 0 Å². The molecule has 0 radical (unpaired) electrons. The first-order valence-corrected chi connectivity index (χ1v) is 8.07. The van der Waals surface area contributed by atoms with E-state index in [1.165, 1.54) is 36.9 Å². The van der Waals surface area contributed by atoms with E-state index in [9.17, 15) is 0 Å². The number of para-hydroxylation sites is 1. The van der Waals surface area contributed by atoms with Crippen molar-refractivity contribution in [2.75, 3.05) is 31.1 Å². The van der Waals surface area contributed by atoms with Gasteiger partial charge in [-0.2, -0.15) is 0 Å². The van der Waals surface area contributed by atoms with Crippen LogP contribution in [-0.4, -0.2) is 32.3 Å². The predicted octanol–water partition coefficient (Wildman–Crippen LogP) is 3.12. The van der Waals surface area contributed by atoms with Gasteiger partial charge < -0.3 is 15.0 Å². The van der Waals surface area contributed by atoms with E-state index in [0.29, 0.717) is 12.1 Å². The van der Waals surface area contributed by atoms with Crippen molar-refractivity contribution in [2.24, 2.45) is 0 Å². The number of hydrogen-bond acceptors (Lipinski definition) is 3. The van der Waals surface area contributed by atoms with Crippen LogP contribution in [0.2, 0.25) is 0 Å². The molecule has 2 heterocycles. The fraction of sp³-hybridized carbons (Fsp3) is 0.647. The molecule has 1 saturated heterocycles. The van der Waals surface area contributed by atoms with Gasteiger partial charge in [0.15, 0.2) is 0 Å². The zero-order valence-electron chi connectivity index (χ0n) is 12.5. The summed E-state index contributed by atoms with van der Waals surface area (Å²) in [6.45, 7) is 6.35. The molecule has 110 valence electrons. The molecule has 0 aromatic heterocycles. The van der Waals surface area contributed by atoms with E-state index in [1.54, 1.807) is 0 Å². The highest BCUT2D eigenvalue weighted by Crippen LogP contribution is 2.34. The zero-order chi connectivity index (χ0) is 13.8. The molecule has 2 aliphatic rings. The minimum absolute atomic E-state index is 0.424. The molecule has 0 spiro atoms. The predicted molar refractivity (Wildman–Crippen MR) is 83.3 cm³/mol. The van der Waals surface area contributed by atoms with Crippen LogP contribution in [-0.2, 0) is 4.74 Å². The molecule has 3 rings (SSSR count). The minimum Gasteiger partial charge on any atom is -0.376 e. The van der Waals surface area contributed by atoms with E-state index in [1.807, 2.05) is 0 Å². The van der Waals surface area contributed by atoms with Gasteiger partial charge in [0, 0.05) is 31.4 Å². The van der Waals surface area contributed by atoms with Gasteiger partial charge >= 0.3 is 0 Å². The largest absolute Gasteiger partial charge is 0.376 e. The molecule has 1 N–H and O–H groups in total. The summed E-state index contributed by atoms with van der Waals surface area (Å²) in [5, 5.41) is 3.61. The Morgan fingerprint density at radius 3 is 2.95 bits per heavy atom. The summed E-state index contributed by atoms with van der Waals surface area (Å²) >= 11 is 0. The van der Waals surface area contributed by atoms with Gasteiger partial charge in [0.05, 0.1) is 6.10 Å². The van der Waals surface area contributed by atoms with Crippen LogP contribution in [0.1, 0.15) is 44.2 Å². The Hall–Kier alpha value is -1.06. The van der Waals surface area contributed by atoms with Gasteiger partial charge in [0.25, 0.3) is 0 Å². The van der Waals surface area contributed by atoms with E-state index in [-0.39, 0.29) is 0 Å². The van der Waals surface area contributed by atoms with Crippen molar-refractivity contribution in [3.05, 3.63) is 29.8 Å². The molecule has 0 amide bonds. The standard InChI is InChI=1S/C17H26N2O/c1-2-18-16-10-11-19(13-14-7-5-6-12-20-14)17-9-4-3-8-15(16)17/h3-4,8-9,14,16,18H,2,5-7,10-13H2,1H3. The molecule has 0 saturated carbocycles. The SMILES string of the molecule is CCNC1CCN(CC2CCCCO2)c2ccccc21. The van der Waals surface area contributed by atoms with Crippen molar-refractivity contribution in [2.45, 2.75) is 44.8 Å². The van der Waals surface area contributed by atoms with Crippen LogP contribution >= 0.6 is 0 Å². The van der Waals surface area contributed by atoms with Crippen LogP contribution in [0.15, 0.2) is 24.3 Å². The lowest BCUT2D eigenvalue weighted by Crippen LogP contribution is -2.41. The average molecular weight is 274 g/mol. The lowest BCUT2D eigenvalue weighted by molar-refractivity contribution is 0.0207. The van der Waals surface area contributed by atoms with Gasteiger partial charge in [-0.25, -0.2) is 0 Å². The van der Waals surface area contributed by atoms with E-state index >= 15 is 0 Å². The Balaban J connectivity index is 1.74. The maximum atomic E-state index is 5.91. The van der Waals surface area contributed by atoms with Crippen molar-refractivity contribution in [1.82, 2.24) is 5.32 Å². The molecule has 3 heteroatoms. The molecule has 1 aromatic rings. The molecule has 20 heavy (non-hydrogen) atoms. The van der Waals surface area contributed by atoms with Crippen LogP contribution in [0.4, 0.5) is 5.69 Å². The van der Waals surface area contributed by atoms with Crippen molar-refractivity contribution in [3.63, 3.8) is 0 Å². The van der Waals surface area contributed by atoms with E-state index < -0.39 is 0 Å². The first-order chi connectivity index (χ1) is 9.88. The van der Waals surface area contributed by atoms with E-state index in [2.05, 4.69) is 41.4 Å². The fourth-order valence-corrected chi connectivity index (χ4v) is 3.48. The molecule has 0 bridgehead atoms. The number of rotatable bonds is 4. The third-order valence-corrected chi connectivity index (χ3v) is 4.49. The van der Waals surface area contributed by atoms with Gasteiger partial charge in [-0.05, 0) is 43.9 Å². The molecule has 2 aliphatic heterocycles. The molecule has 0 aliphatic carbocycles. The van der Waals surface area contributed by atoms with E-state index in [0.717, 1.165) is 26.2 Å². The minimum atomic E-state index is 0.424. The highest BCUT2D eigenvalue weighted by molar-refractivity contribution is 5.57. The lowest BCUT2D eigenvalue weighted by Gasteiger charge is -2.38. The molecular weight excluding hydrogens is 248 g/mol. The van der Waals surface area contributed by atoms with Crippen molar-refractivity contribution >= 4 is 5.69 Å². The van der Waals surface area contributed by atoms with Gasteiger partial charge in [0.1, 0.15) is 0 Å². The maximum Gasteiger partial charge on any atom is 0.0749 e. The van der Waals surface area contributed by atoms with Gasteiger partial charge in [-0.15, -0.1) is 0 Å². The summed E-state index contributed by atoms with van der Waals surface area (Å²) in [4.78, 5) is 2.53. The maximum absolute atomic E-state index is 5.91. The second-order valence-corrected chi connectivity index (χ2v) is 5.89. The quantitative estimate of drug-likeness (QED) is 0.913. The average Bonchev–Trinajstić information content (AvgIpc) is 2.51. The smallest absolute Gasteiger partial charge is 0.0749 e. The third kappa shape index (κ3) is 2.99. The monoisotopic (exact) mass is 274 g/mol. The zero-order valence-corrected chi connectivity index (χ0v) is 12.5. The lowest BCUT2D eigenvalue weighted by atomic mass is 9.95. The number of nitrogens with one attached hydrogen (secondary N) is 1. The molecule has 1 fully saturated rings. The summed E-state index contributed by atoms with van der Waals surface area (Å²) in [5.41, 5.74) is 2.86. The van der Waals surface area contributed by atoms with Crippen LogP contribution < -0.4 is 10.2 Å². The summed E-state index contributed by atoms with van der Waals surface area (Å²) < 4.78 is 5.91. The normalized spacial score (nSPS) is 26.4. The highest BCUT2D eigenvalue weighted by Gasteiger charge is 2.26. The Morgan fingerprint density at radius 2 is 2.15 bits per heavy atom. The first-order valence-electron chi connectivity index (χ1n) is 8.07. The summed E-state index contributed by atoms with van der Waals surface area (Å²) in [7, 11) is 0. The second-order valence-electron chi connectivity index (χ2n) is 5.89. The summed E-state index contributed by atoms with van der Waals surface area (Å²) in [6.07, 6.45) is 5.38. The topological polar surface area (TPSA) is 24.5 Å². The molecule has 3 nitrogen and oxygen atoms in total. The number of hydrogen-bond donors (Lipinski definition) is 1. The second kappa shape index (κ2) is 6.59. The van der Waals surface area contributed by atoms with Crippen molar-refractivity contribution in [3.8, 4) is 0 Å². The highest BCUT2D eigenvalue weighted by atomic mass is 16.5. The molecule has 1 aromatic carbocycles. The van der Waals surface area contributed by atoms with Gasteiger partial charge in [0.2, 0.25) is 0 Å². The number of fused-ring (bicyclic) bond motifs is 1. The number of ether oxygens (including phenoxy) is 1. The fourth-order valence-electron chi connectivity index (χ4n) is 3.48. The Bertz CT molecular complexity index is 429. The number of nitrogens with zero attached hydrogens (tertiary/aromatic N) is 1. The Kier molecular flexibility index (Phi) is 4.58. The van der Waals surface area contributed by atoms with Crippen LogP contribution in [0, 0.1) is 0 Å². The summed E-state index contributed by atoms with van der Waals surface area (Å²) in [5.74, 6) is 0. The van der Waals surface area contributed by atoms with E-state index in [4.69, 9.17) is 4.74 Å².